The number of hydrogen-bond acceptors (Lipinski definition) is 10. The summed E-state index contributed by atoms with van der Waals surface area (Å²) in [5.74, 6) is 1.16. The summed E-state index contributed by atoms with van der Waals surface area (Å²) in [6.45, 7) is 4.79. The van der Waals surface area contributed by atoms with E-state index in [1.807, 2.05) is 13.8 Å². The number of nitrogens with zero attached hydrogens (tertiary/aromatic N) is 3. The number of rotatable bonds is 11. The molecular formula is C34H30ClN3O7S. The van der Waals surface area contributed by atoms with E-state index in [2.05, 4.69) is 11.1 Å². The van der Waals surface area contributed by atoms with Gasteiger partial charge < -0.3 is 23.7 Å². The minimum absolute atomic E-state index is 0.196. The molecule has 0 spiro atoms. The second-order valence-corrected chi connectivity index (χ2v) is 11.3. The summed E-state index contributed by atoms with van der Waals surface area (Å²) in [5.41, 5.74) is 2.47. The van der Waals surface area contributed by atoms with Gasteiger partial charge in [0.05, 0.1) is 60.2 Å². The van der Waals surface area contributed by atoms with Crippen molar-refractivity contribution >= 4 is 35.0 Å². The van der Waals surface area contributed by atoms with Crippen LogP contribution in [-0.2, 0) is 16.1 Å². The Labute approximate surface area is 274 Å². The van der Waals surface area contributed by atoms with Gasteiger partial charge in [0.2, 0.25) is 0 Å². The summed E-state index contributed by atoms with van der Waals surface area (Å²) >= 11 is 7.81. The van der Waals surface area contributed by atoms with E-state index in [1.54, 1.807) is 60.7 Å². The van der Waals surface area contributed by atoms with E-state index in [1.165, 1.54) is 36.3 Å². The van der Waals surface area contributed by atoms with Gasteiger partial charge in [0.25, 0.3) is 5.56 Å². The van der Waals surface area contributed by atoms with Crippen LogP contribution >= 0.6 is 22.9 Å². The number of esters is 1. The molecule has 0 unspecified atom stereocenters. The maximum atomic E-state index is 14.0. The Kier molecular flexibility index (Phi) is 10.1. The Bertz CT molecular complexity index is 2030. The Morgan fingerprint density at radius 3 is 2.43 bits per heavy atom. The first-order valence-electron chi connectivity index (χ1n) is 14.3. The van der Waals surface area contributed by atoms with Crippen LogP contribution in [-0.4, -0.2) is 38.0 Å². The van der Waals surface area contributed by atoms with Crippen LogP contribution in [0.1, 0.15) is 42.1 Å². The van der Waals surface area contributed by atoms with E-state index in [4.69, 9.17) is 40.5 Å². The zero-order chi connectivity index (χ0) is 32.8. The molecule has 46 heavy (non-hydrogen) atoms. The van der Waals surface area contributed by atoms with Crippen molar-refractivity contribution in [2.75, 3.05) is 27.4 Å². The summed E-state index contributed by atoms with van der Waals surface area (Å²) in [6, 6.07) is 17.0. The van der Waals surface area contributed by atoms with Crippen molar-refractivity contribution in [3.05, 3.63) is 113 Å². The molecular weight excluding hydrogens is 630 g/mol. The maximum Gasteiger partial charge on any atom is 0.337 e. The van der Waals surface area contributed by atoms with Gasteiger partial charge in [-0.15, -0.1) is 0 Å². The van der Waals surface area contributed by atoms with Crippen LogP contribution < -0.4 is 33.8 Å². The molecule has 0 saturated heterocycles. The van der Waals surface area contributed by atoms with Gasteiger partial charge in [-0.1, -0.05) is 41.1 Å². The molecule has 0 radical (unpaired) electrons. The molecule has 1 aliphatic rings. The molecule has 0 saturated carbocycles. The number of halogens is 1. The fourth-order valence-corrected chi connectivity index (χ4v) is 6.18. The van der Waals surface area contributed by atoms with E-state index < -0.39 is 12.0 Å². The van der Waals surface area contributed by atoms with Crippen LogP contribution in [0.25, 0.3) is 6.08 Å². The van der Waals surface area contributed by atoms with E-state index in [-0.39, 0.29) is 22.8 Å². The van der Waals surface area contributed by atoms with Crippen molar-refractivity contribution in [1.29, 1.82) is 5.26 Å². The molecule has 12 heteroatoms. The third-order valence-electron chi connectivity index (χ3n) is 7.02. The van der Waals surface area contributed by atoms with Gasteiger partial charge in [0.1, 0.15) is 6.61 Å². The van der Waals surface area contributed by atoms with Gasteiger partial charge in [-0.25, -0.2) is 9.79 Å². The summed E-state index contributed by atoms with van der Waals surface area (Å²) in [7, 11) is 2.78. The fourth-order valence-electron chi connectivity index (χ4n) is 4.93. The van der Waals surface area contributed by atoms with Gasteiger partial charge in [-0.3, -0.25) is 9.36 Å². The molecule has 0 N–H and O–H groups in total. The highest BCUT2D eigenvalue weighted by Gasteiger charge is 2.31. The smallest absolute Gasteiger partial charge is 0.337 e. The van der Waals surface area contributed by atoms with E-state index in [9.17, 15) is 9.59 Å². The number of benzene rings is 3. The second kappa shape index (κ2) is 14.4. The average molecular weight is 660 g/mol. The topological polar surface area (TPSA) is 121 Å². The van der Waals surface area contributed by atoms with Crippen LogP contribution in [0, 0.1) is 11.3 Å². The lowest BCUT2D eigenvalue weighted by atomic mass is 9.97. The predicted octanol–water partition coefficient (Wildman–Crippen LogP) is 4.93. The summed E-state index contributed by atoms with van der Waals surface area (Å²) < 4.78 is 30.0. The molecule has 0 fully saturated rings. The fraction of sp³-hybridized carbons (Fsp3) is 0.235. The molecule has 0 bridgehead atoms. The minimum Gasteiger partial charge on any atom is -0.493 e. The van der Waals surface area contributed by atoms with Crippen LogP contribution in [0.5, 0.6) is 23.0 Å². The lowest BCUT2D eigenvalue weighted by Gasteiger charge is -2.23. The normalized spacial score (nSPS) is 14.0. The van der Waals surface area contributed by atoms with Gasteiger partial charge in [0, 0.05) is 6.20 Å². The number of carbonyl (C=O) groups is 1. The van der Waals surface area contributed by atoms with E-state index in [0.29, 0.717) is 62.2 Å². The second-order valence-electron chi connectivity index (χ2n) is 9.88. The first-order valence-corrected chi connectivity index (χ1v) is 15.5. The molecule has 236 valence electrons. The predicted molar refractivity (Wildman–Crippen MR) is 173 cm³/mol. The average Bonchev–Trinajstić information content (AvgIpc) is 3.38. The quantitative estimate of drug-likeness (QED) is 0.208. The van der Waals surface area contributed by atoms with Crippen molar-refractivity contribution in [1.82, 2.24) is 4.57 Å². The number of carbonyl (C=O) groups excluding carboxylic acids is 1. The SMILES string of the molecule is CCOc1ccc([C@H]2C(C(=O)OC)=CN=c3s/c(=C/c4cc(Cl)c(OCc5ccc(C#N)cc5)c(OC)c4)c(=O)n32)cc1OCC. The van der Waals surface area contributed by atoms with Crippen molar-refractivity contribution in [2.45, 2.75) is 26.5 Å². The number of nitriles is 1. The van der Waals surface area contributed by atoms with Crippen molar-refractivity contribution < 1.29 is 28.5 Å². The van der Waals surface area contributed by atoms with Crippen LogP contribution in [0.15, 0.2) is 76.2 Å². The Morgan fingerprint density at radius 1 is 1.02 bits per heavy atom. The summed E-state index contributed by atoms with van der Waals surface area (Å²) in [5, 5.41) is 9.31. The van der Waals surface area contributed by atoms with Crippen LogP contribution in [0.2, 0.25) is 5.02 Å². The Balaban J connectivity index is 1.54. The van der Waals surface area contributed by atoms with E-state index in [0.717, 1.165) is 5.56 Å². The number of ether oxygens (including phenoxy) is 5. The molecule has 1 aromatic heterocycles. The van der Waals surface area contributed by atoms with Gasteiger partial charge >= 0.3 is 5.97 Å². The third-order valence-corrected chi connectivity index (χ3v) is 8.30. The monoisotopic (exact) mass is 659 g/mol. The third kappa shape index (κ3) is 6.63. The maximum absolute atomic E-state index is 14.0. The standard InChI is InChI=1S/C34H30ClN3O7S/c1-5-43-26-12-11-23(16-27(26)44-6-2)30-24(33(40)42-4)18-37-34-38(30)32(39)29(46-34)15-22-13-25(35)31(28(14-22)41-3)45-19-21-9-7-20(17-36)8-10-21/h7-16,18,30H,5-6,19H2,1-4H3/b29-15+/t30-/m0/s1. The number of hydrogen-bond donors (Lipinski definition) is 0. The molecule has 1 atom stereocenters. The van der Waals surface area contributed by atoms with Crippen molar-refractivity contribution in [3.8, 4) is 29.1 Å². The van der Waals surface area contributed by atoms with Crippen LogP contribution in [0.4, 0.5) is 0 Å². The molecule has 5 rings (SSSR count). The number of fused-ring (bicyclic) bond motifs is 1. The van der Waals surface area contributed by atoms with Gasteiger partial charge in [0.15, 0.2) is 27.8 Å². The Hall–Kier alpha value is -5.05. The molecule has 1 aliphatic heterocycles. The van der Waals surface area contributed by atoms with Crippen molar-refractivity contribution in [2.24, 2.45) is 4.99 Å². The number of methoxy groups -OCH3 is 2. The summed E-state index contributed by atoms with van der Waals surface area (Å²) in [4.78, 5) is 31.7. The highest BCUT2D eigenvalue weighted by molar-refractivity contribution is 7.07. The number of thiazole rings is 1. The molecule has 3 aromatic carbocycles. The van der Waals surface area contributed by atoms with Crippen molar-refractivity contribution in [3.63, 3.8) is 0 Å². The molecule has 0 amide bonds. The first kappa shape index (κ1) is 32.3. The number of aromatic nitrogens is 1. The zero-order valence-electron chi connectivity index (χ0n) is 25.5. The molecule has 10 nitrogen and oxygen atoms in total. The van der Waals surface area contributed by atoms with Gasteiger partial charge in [-0.2, -0.15) is 5.26 Å². The molecule has 2 heterocycles. The highest BCUT2D eigenvalue weighted by atomic mass is 35.5. The van der Waals surface area contributed by atoms with Crippen LogP contribution in [0.3, 0.4) is 0 Å². The summed E-state index contributed by atoms with van der Waals surface area (Å²) in [6.07, 6.45) is 3.12. The lowest BCUT2D eigenvalue weighted by Crippen LogP contribution is -2.39. The molecule has 0 aliphatic carbocycles. The van der Waals surface area contributed by atoms with E-state index >= 15 is 0 Å². The zero-order valence-corrected chi connectivity index (χ0v) is 27.1. The minimum atomic E-state index is -0.822. The highest BCUT2D eigenvalue weighted by Crippen LogP contribution is 2.38. The Morgan fingerprint density at radius 2 is 1.76 bits per heavy atom. The molecule has 4 aromatic rings. The lowest BCUT2D eigenvalue weighted by molar-refractivity contribution is -0.136. The first-order chi connectivity index (χ1) is 22.3. The van der Waals surface area contributed by atoms with Gasteiger partial charge in [-0.05, 0) is 73.0 Å². The largest absolute Gasteiger partial charge is 0.493 e.